The number of amides is 1. The van der Waals surface area contributed by atoms with Crippen LogP contribution in [0.25, 0.3) is 0 Å². The molecule has 0 atom stereocenters. The number of carbonyl (C=O) groups excluding carboxylic acids is 1. The molecule has 0 radical (unpaired) electrons. The minimum absolute atomic E-state index is 0.0159. The summed E-state index contributed by atoms with van der Waals surface area (Å²) in [5.74, 6) is 0.685. The van der Waals surface area contributed by atoms with Crippen molar-refractivity contribution in [2.45, 2.75) is 24.0 Å². The van der Waals surface area contributed by atoms with Gasteiger partial charge in [0.1, 0.15) is 4.21 Å². The SMILES string of the molecule is CC1CCN(C(=O)c2ccc(N(C)S(=O)(=O)c3cccs3)cc2)CC1. The first-order valence-electron chi connectivity index (χ1n) is 8.31. The second-order valence-corrected chi connectivity index (χ2v) is 9.57. The number of hydrogen-bond donors (Lipinski definition) is 0. The molecule has 0 saturated carbocycles. The maximum atomic E-state index is 12.6. The summed E-state index contributed by atoms with van der Waals surface area (Å²) >= 11 is 1.19. The van der Waals surface area contributed by atoms with Gasteiger partial charge >= 0.3 is 0 Å². The van der Waals surface area contributed by atoms with Gasteiger partial charge in [0, 0.05) is 25.7 Å². The van der Waals surface area contributed by atoms with Crippen molar-refractivity contribution in [3.05, 3.63) is 47.3 Å². The van der Waals surface area contributed by atoms with Gasteiger partial charge in [0.15, 0.2) is 0 Å². The van der Waals surface area contributed by atoms with Crippen LogP contribution < -0.4 is 4.31 Å². The molecule has 1 aliphatic heterocycles. The number of benzene rings is 1. The van der Waals surface area contributed by atoms with Crippen LogP contribution in [0.4, 0.5) is 5.69 Å². The number of sulfonamides is 1. The van der Waals surface area contributed by atoms with Crippen LogP contribution >= 0.6 is 11.3 Å². The minimum atomic E-state index is -3.55. The van der Waals surface area contributed by atoms with E-state index in [2.05, 4.69) is 6.92 Å². The fourth-order valence-corrected chi connectivity index (χ4v) is 5.25. The van der Waals surface area contributed by atoms with Gasteiger partial charge in [0.2, 0.25) is 0 Å². The first-order chi connectivity index (χ1) is 11.9. The molecule has 1 saturated heterocycles. The molecule has 7 heteroatoms. The van der Waals surface area contributed by atoms with Crippen molar-refractivity contribution in [1.29, 1.82) is 0 Å². The quantitative estimate of drug-likeness (QED) is 0.819. The van der Waals surface area contributed by atoms with E-state index in [-0.39, 0.29) is 5.91 Å². The molecular weight excluding hydrogens is 356 g/mol. The second-order valence-electron chi connectivity index (χ2n) is 6.43. The number of anilines is 1. The highest BCUT2D eigenvalue weighted by Crippen LogP contribution is 2.26. The van der Waals surface area contributed by atoms with E-state index in [0.717, 1.165) is 25.9 Å². The monoisotopic (exact) mass is 378 g/mol. The highest BCUT2D eigenvalue weighted by atomic mass is 32.2. The van der Waals surface area contributed by atoms with E-state index >= 15 is 0 Å². The summed E-state index contributed by atoms with van der Waals surface area (Å²) in [6.07, 6.45) is 2.07. The largest absolute Gasteiger partial charge is 0.339 e. The highest BCUT2D eigenvalue weighted by Gasteiger charge is 2.24. The molecule has 2 heterocycles. The lowest BCUT2D eigenvalue weighted by Crippen LogP contribution is -2.37. The predicted molar refractivity (Wildman–Crippen MR) is 101 cm³/mol. The summed E-state index contributed by atoms with van der Waals surface area (Å²) in [6, 6.07) is 10.1. The highest BCUT2D eigenvalue weighted by molar-refractivity contribution is 7.94. The number of thiophene rings is 1. The van der Waals surface area contributed by atoms with Crippen LogP contribution in [0, 0.1) is 5.92 Å². The summed E-state index contributed by atoms with van der Waals surface area (Å²) in [7, 11) is -2.03. The molecule has 2 aromatic rings. The number of nitrogens with zero attached hydrogens (tertiary/aromatic N) is 2. The van der Waals surface area contributed by atoms with Crippen LogP contribution in [0.1, 0.15) is 30.1 Å². The van der Waals surface area contributed by atoms with Crippen molar-refractivity contribution in [1.82, 2.24) is 4.90 Å². The van der Waals surface area contributed by atoms with Gasteiger partial charge in [0.05, 0.1) is 5.69 Å². The molecule has 134 valence electrons. The molecule has 1 amide bonds. The molecule has 25 heavy (non-hydrogen) atoms. The fourth-order valence-electron chi connectivity index (χ4n) is 2.89. The Labute approximate surface area is 152 Å². The van der Waals surface area contributed by atoms with Crippen LogP contribution in [0.5, 0.6) is 0 Å². The van der Waals surface area contributed by atoms with E-state index in [9.17, 15) is 13.2 Å². The standard InChI is InChI=1S/C18H22N2O3S2/c1-14-9-11-20(12-10-14)18(21)15-5-7-16(8-6-15)19(2)25(22,23)17-4-3-13-24-17/h3-8,13-14H,9-12H2,1-2H3. The zero-order valence-corrected chi connectivity index (χ0v) is 16.0. The maximum absolute atomic E-state index is 12.6. The first kappa shape index (κ1) is 17.9. The van der Waals surface area contributed by atoms with E-state index in [4.69, 9.17) is 0 Å². The number of piperidine rings is 1. The molecule has 5 nitrogen and oxygen atoms in total. The molecule has 1 aromatic heterocycles. The third kappa shape index (κ3) is 3.72. The number of carbonyl (C=O) groups is 1. The lowest BCUT2D eigenvalue weighted by atomic mass is 9.98. The summed E-state index contributed by atoms with van der Waals surface area (Å²) in [6.45, 7) is 3.78. The molecule has 0 N–H and O–H groups in total. The predicted octanol–water partition coefficient (Wildman–Crippen LogP) is 3.45. The van der Waals surface area contributed by atoms with E-state index in [1.54, 1.807) is 41.8 Å². The van der Waals surface area contributed by atoms with Gasteiger partial charge in [-0.25, -0.2) is 8.42 Å². The van der Waals surface area contributed by atoms with Crippen LogP contribution in [0.3, 0.4) is 0 Å². The third-order valence-corrected chi connectivity index (χ3v) is 7.82. The number of rotatable bonds is 4. The zero-order valence-electron chi connectivity index (χ0n) is 14.4. The first-order valence-corrected chi connectivity index (χ1v) is 10.6. The number of likely N-dealkylation sites (tertiary alicyclic amines) is 1. The fraction of sp³-hybridized carbons (Fsp3) is 0.389. The van der Waals surface area contributed by atoms with Crippen molar-refractivity contribution in [2.24, 2.45) is 5.92 Å². The van der Waals surface area contributed by atoms with Crippen LogP contribution in [-0.2, 0) is 10.0 Å². The Morgan fingerprint density at radius 3 is 2.36 bits per heavy atom. The maximum Gasteiger partial charge on any atom is 0.273 e. The summed E-state index contributed by atoms with van der Waals surface area (Å²) in [5, 5.41) is 1.74. The van der Waals surface area contributed by atoms with Gasteiger partial charge in [-0.2, -0.15) is 0 Å². The van der Waals surface area contributed by atoms with Crippen LogP contribution in [0.2, 0.25) is 0 Å². The topological polar surface area (TPSA) is 57.7 Å². The average Bonchev–Trinajstić information content (AvgIpc) is 3.17. The second kappa shape index (κ2) is 7.17. The van der Waals surface area contributed by atoms with E-state index < -0.39 is 10.0 Å². The van der Waals surface area contributed by atoms with Crippen molar-refractivity contribution in [3.63, 3.8) is 0 Å². The Kier molecular flexibility index (Phi) is 5.15. The Morgan fingerprint density at radius 1 is 1.16 bits per heavy atom. The molecule has 1 fully saturated rings. The molecule has 0 unspecified atom stereocenters. The smallest absolute Gasteiger partial charge is 0.273 e. The summed E-state index contributed by atoms with van der Waals surface area (Å²) in [5.41, 5.74) is 1.14. The van der Waals surface area contributed by atoms with E-state index in [1.165, 1.54) is 22.7 Å². The Morgan fingerprint density at radius 2 is 1.80 bits per heavy atom. The molecule has 0 spiro atoms. The Balaban J connectivity index is 1.75. The van der Waals surface area contributed by atoms with E-state index in [0.29, 0.717) is 21.4 Å². The van der Waals surface area contributed by atoms with Crippen LogP contribution in [-0.4, -0.2) is 39.4 Å². The van der Waals surface area contributed by atoms with E-state index in [1.807, 2.05) is 4.90 Å². The molecule has 1 aromatic carbocycles. The number of hydrogen-bond acceptors (Lipinski definition) is 4. The van der Waals surface area contributed by atoms with Gasteiger partial charge in [0.25, 0.3) is 15.9 Å². The minimum Gasteiger partial charge on any atom is -0.339 e. The van der Waals surface area contributed by atoms with Gasteiger partial charge in [-0.05, 0) is 54.5 Å². The van der Waals surface area contributed by atoms with Crippen molar-refractivity contribution in [3.8, 4) is 0 Å². The van der Waals surface area contributed by atoms with Crippen molar-refractivity contribution >= 4 is 33.0 Å². The van der Waals surface area contributed by atoms with Crippen molar-refractivity contribution in [2.75, 3.05) is 24.4 Å². The van der Waals surface area contributed by atoms with Gasteiger partial charge in [-0.15, -0.1) is 11.3 Å². The average molecular weight is 379 g/mol. The van der Waals surface area contributed by atoms with Gasteiger partial charge < -0.3 is 4.90 Å². The molecule has 0 bridgehead atoms. The zero-order chi connectivity index (χ0) is 18.0. The Bertz CT molecular complexity index is 822. The van der Waals surface area contributed by atoms with Crippen LogP contribution in [0.15, 0.2) is 46.0 Å². The third-order valence-electron chi connectivity index (χ3n) is 4.66. The van der Waals surface area contributed by atoms with Gasteiger partial charge in [-0.1, -0.05) is 13.0 Å². The molecule has 3 rings (SSSR count). The lowest BCUT2D eigenvalue weighted by molar-refractivity contribution is 0.0697. The molecule has 0 aliphatic carbocycles. The molecular formula is C18H22N2O3S2. The lowest BCUT2D eigenvalue weighted by Gasteiger charge is -2.30. The van der Waals surface area contributed by atoms with Crippen molar-refractivity contribution < 1.29 is 13.2 Å². The normalized spacial score (nSPS) is 16.0. The Hall–Kier alpha value is -1.86. The summed E-state index contributed by atoms with van der Waals surface area (Å²) in [4.78, 5) is 14.4. The summed E-state index contributed by atoms with van der Waals surface area (Å²) < 4.78 is 26.7. The van der Waals surface area contributed by atoms with Gasteiger partial charge in [-0.3, -0.25) is 9.10 Å². The molecule has 1 aliphatic rings.